The smallest absolute Gasteiger partial charge is 0.293 e. The summed E-state index contributed by atoms with van der Waals surface area (Å²) in [4.78, 5) is 36.5. The van der Waals surface area contributed by atoms with Gasteiger partial charge in [0.25, 0.3) is 16.8 Å². The molecule has 0 aromatic heterocycles. The molecule has 8 nitrogen and oxygen atoms in total. The molecular weight excluding hydrogens is 408 g/mol. The molecule has 2 heterocycles. The van der Waals surface area contributed by atoms with Crippen molar-refractivity contribution in [3.63, 3.8) is 0 Å². The van der Waals surface area contributed by atoms with Gasteiger partial charge < -0.3 is 9.47 Å². The number of rotatable bonds is 4. The van der Waals surface area contributed by atoms with Gasteiger partial charge in [-0.25, -0.2) is 0 Å². The molecule has 4 rings (SSSR count). The molecule has 2 aromatic rings. The Kier molecular flexibility index (Phi) is 4.70. The highest BCUT2D eigenvalue weighted by molar-refractivity contribution is 8.18. The number of carbonyl (C=O) groups is 2. The molecule has 0 N–H and O–H groups in total. The lowest BCUT2D eigenvalue weighted by Crippen LogP contribution is -2.27. The number of imide groups is 1. The second-order valence-corrected chi connectivity index (χ2v) is 7.31. The van der Waals surface area contributed by atoms with Crippen LogP contribution in [0, 0.1) is 10.1 Å². The van der Waals surface area contributed by atoms with Crippen molar-refractivity contribution in [3.05, 3.63) is 67.6 Å². The summed E-state index contributed by atoms with van der Waals surface area (Å²) in [7, 11) is 0. The van der Waals surface area contributed by atoms with E-state index in [1.807, 2.05) is 0 Å². The summed E-state index contributed by atoms with van der Waals surface area (Å²) in [5.74, 6) is 0.566. The molecule has 10 heteroatoms. The lowest BCUT2D eigenvalue weighted by Gasteiger charge is -2.14. The van der Waals surface area contributed by atoms with Crippen molar-refractivity contribution in [3.8, 4) is 11.5 Å². The first-order valence-corrected chi connectivity index (χ1v) is 9.19. The summed E-state index contributed by atoms with van der Waals surface area (Å²) in [6.45, 7) is 0.0897. The maximum atomic E-state index is 12.7. The van der Waals surface area contributed by atoms with Crippen LogP contribution in [-0.4, -0.2) is 27.8 Å². The van der Waals surface area contributed by atoms with Crippen molar-refractivity contribution in [2.24, 2.45) is 0 Å². The van der Waals surface area contributed by atoms with Gasteiger partial charge in [-0.3, -0.25) is 24.6 Å². The zero-order valence-corrected chi connectivity index (χ0v) is 15.7. The van der Waals surface area contributed by atoms with Gasteiger partial charge in [0.15, 0.2) is 11.5 Å². The molecule has 0 spiro atoms. The van der Waals surface area contributed by atoms with Crippen LogP contribution in [0.5, 0.6) is 11.5 Å². The zero-order valence-electron chi connectivity index (χ0n) is 14.1. The van der Waals surface area contributed by atoms with Gasteiger partial charge in [0.2, 0.25) is 6.79 Å². The van der Waals surface area contributed by atoms with Gasteiger partial charge in [-0.2, -0.15) is 0 Å². The highest BCUT2D eigenvalue weighted by atomic mass is 35.5. The maximum absolute atomic E-state index is 12.7. The monoisotopic (exact) mass is 418 g/mol. The maximum Gasteiger partial charge on any atom is 0.293 e. The Labute approximate surface area is 167 Å². The van der Waals surface area contributed by atoms with Crippen molar-refractivity contribution in [2.75, 3.05) is 6.79 Å². The molecule has 0 aliphatic carbocycles. The molecule has 2 amide bonds. The Balaban J connectivity index is 1.55. The SMILES string of the molecule is O=C1S/C(=C/c2ccc([N+](=O)[O-])cc2)C(=O)N1Cc1cc2c(cc1Cl)OCO2. The van der Waals surface area contributed by atoms with Crippen LogP contribution in [0.25, 0.3) is 6.08 Å². The van der Waals surface area contributed by atoms with E-state index in [2.05, 4.69) is 0 Å². The largest absolute Gasteiger partial charge is 0.454 e. The second kappa shape index (κ2) is 7.17. The summed E-state index contributed by atoms with van der Waals surface area (Å²) < 4.78 is 10.5. The number of hydrogen-bond donors (Lipinski definition) is 0. The predicted octanol–water partition coefficient (Wildman–Crippen LogP) is 4.21. The molecule has 0 bridgehead atoms. The Morgan fingerprint density at radius 3 is 2.54 bits per heavy atom. The molecule has 28 heavy (non-hydrogen) atoms. The minimum atomic E-state index is -0.507. The third kappa shape index (κ3) is 3.41. The Morgan fingerprint density at radius 1 is 1.18 bits per heavy atom. The summed E-state index contributed by atoms with van der Waals surface area (Å²) in [5, 5.41) is 10.7. The average Bonchev–Trinajstić information content (AvgIpc) is 3.21. The minimum Gasteiger partial charge on any atom is -0.454 e. The van der Waals surface area contributed by atoms with Crippen LogP contribution in [0.1, 0.15) is 11.1 Å². The minimum absolute atomic E-state index is 0.00224. The molecule has 1 fully saturated rings. The van der Waals surface area contributed by atoms with Crippen molar-refractivity contribution in [2.45, 2.75) is 6.54 Å². The fraction of sp³-hybridized carbons (Fsp3) is 0.111. The lowest BCUT2D eigenvalue weighted by molar-refractivity contribution is -0.384. The number of halogens is 1. The molecule has 2 aliphatic rings. The first kappa shape index (κ1) is 18.3. The highest BCUT2D eigenvalue weighted by Crippen LogP contribution is 2.39. The highest BCUT2D eigenvalue weighted by Gasteiger charge is 2.35. The second-order valence-electron chi connectivity index (χ2n) is 5.91. The van der Waals surface area contributed by atoms with Crippen molar-refractivity contribution in [1.29, 1.82) is 0 Å². The van der Waals surface area contributed by atoms with Crippen molar-refractivity contribution >= 4 is 46.3 Å². The van der Waals surface area contributed by atoms with Crippen LogP contribution in [0.15, 0.2) is 41.3 Å². The fourth-order valence-electron chi connectivity index (χ4n) is 2.73. The molecule has 2 aliphatic heterocycles. The Bertz CT molecular complexity index is 1040. The number of nitrogens with zero attached hydrogens (tertiary/aromatic N) is 2. The van der Waals surface area contributed by atoms with Gasteiger partial charge in [-0.15, -0.1) is 0 Å². The van der Waals surface area contributed by atoms with Crippen LogP contribution >= 0.6 is 23.4 Å². The van der Waals surface area contributed by atoms with Crippen LogP contribution < -0.4 is 9.47 Å². The van der Waals surface area contributed by atoms with E-state index in [1.54, 1.807) is 12.1 Å². The van der Waals surface area contributed by atoms with Gasteiger partial charge >= 0.3 is 0 Å². The number of non-ortho nitro benzene ring substituents is 1. The van der Waals surface area contributed by atoms with E-state index in [4.69, 9.17) is 21.1 Å². The van der Waals surface area contributed by atoms with Gasteiger partial charge in [0.05, 0.1) is 16.4 Å². The number of nitro benzene ring substituents is 1. The summed E-state index contributed by atoms with van der Waals surface area (Å²) in [6, 6.07) is 8.94. The summed E-state index contributed by atoms with van der Waals surface area (Å²) >= 11 is 7.03. The van der Waals surface area contributed by atoms with Crippen LogP contribution in [-0.2, 0) is 11.3 Å². The fourth-order valence-corrected chi connectivity index (χ4v) is 3.78. The van der Waals surface area contributed by atoms with E-state index in [1.165, 1.54) is 30.3 Å². The van der Waals surface area contributed by atoms with Gasteiger partial charge in [-0.05, 0) is 47.2 Å². The number of thioether (sulfide) groups is 1. The topological polar surface area (TPSA) is 99.0 Å². The van der Waals surface area contributed by atoms with E-state index < -0.39 is 16.1 Å². The molecule has 142 valence electrons. The van der Waals surface area contributed by atoms with Gasteiger partial charge in [-0.1, -0.05) is 11.6 Å². The third-order valence-electron chi connectivity index (χ3n) is 4.15. The quantitative estimate of drug-likeness (QED) is 0.416. The lowest BCUT2D eigenvalue weighted by atomic mass is 10.1. The number of carbonyl (C=O) groups excluding carboxylic acids is 2. The molecule has 0 radical (unpaired) electrons. The van der Waals surface area contributed by atoms with E-state index >= 15 is 0 Å². The van der Waals surface area contributed by atoms with Crippen molar-refractivity contribution in [1.82, 2.24) is 4.90 Å². The third-order valence-corrected chi connectivity index (χ3v) is 5.40. The Hall–Kier alpha value is -3.04. The first-order chi connectivity index (χ1) is 13.4. The molecule has 2 aromatic carbocycles. The normalized spacial score (nSPS) is 16.9. The summed E-state index contributed by atoms with van der Waals surface area (Å²) in [6.07, 6.45) is 1.52. The molecule has 0 atom stereocenters. The number of amides is 2. The molecule has 1 saturated heterocycles. The van der Waals surface area contributed by atoms with Gasteiger partial charge in [0.1, 0.15) is 0 Å². The van der Waals surface area contributed by atoms with Crippen LogP contribution in [0.2, 0.25) is 5.02 Å². The standard InChI is InChI=1S/C18H11ClN2O6S/c19-13-7-15-14(26-9-27-15)6-11(13)8-20-17(22)16(28-18(20)23)5-10-1-3-12(4-2-10)21(24)25/h1-7H,8-9H2/b16-5+. The van der Waals surface area contributed by atoms with Gasteiger partial charge in [0, 0.05) is 23.2 Å². The van der Waals surface area contributed by atoms with E-state index in [9.17, 15) is 19.7 Å². The number of benzene rings is 2. The van der Waals surface area contributed by atoms with E-state index in [0.717, 1.165) is 16.7 Å². The van der Waals surface area contributed by atoms with E-state index in [0.29, 0.717) is 27.6 Å². The zero-order chi connectivity index (χ0) is 19.8. The molecule has 0 unspecified atom stereocenters. The molecule has 0 saturated carbocycles. The Morgan fingerprint density at radius 2 is 1.86 bits per heavy atom. The number of ether oxygens (including phenoxy) is 2. The predicted molar refractivity (Wildman–Crippen MR) is 102 cm³/mol. The first-order valence-electron chi connectivity index (χ1n) is 8.00. The van der Waals surface area contributed by atoms with Crippen LogP contribution in [0.4, 0.5) is 10.5 Å². The average molecular weight is 419 g/mol. The molecular formula is C18H11ClN2O6S. The number of nitro groups is 1. The van der Waals surface area contributed by atoms with Crippen LogP contribution in [0.3, 0.4) is 0 Å². The van der Waals surface area contributed by atoms with Crippen molar-refractivity contribution < 1.29 is 24.0 Å². The number of hydrogen-bond acceptors (Lipinski definition) is 7. The summed E-state index contributed by atoms with van der Waals surface area (Å²) in [5.41, 5.74) is 1.09. The van der Waals surface area contributed by atoms with E-state index in [-0.39, 0.29) is 23.9 Å². The number of fused-ring (bicyclic) bond motifs is 1.